The van der Waals surface area contributed by atoms with Crippen molar-refractivity contribution in [2.75, 3.05) is 53.7 Å². The third-order valence-corrected chi connectivity index (χ3v) is 3.89. The maximum Gasteiger partial charge on any atom is 0.0611 e. The smallest absolute Gasteiger partial charge is 0.0611 e. The highest BCUT2D eigenvalue weighted by atomic mass is 16.5. The van der Waals surface area contributed by atoms with Gasteiger partial charge in [0.1, 0.15) is 0 Å². The van der Waals surface area contributed by atoms with E-state index in [-0.39, 0.29) is 12.1 Å². The van der Waals surface area contributed by atoms with Gasteiger partial charge in [0.15, 0.2) is 0 Å². The summed E-state index contributed by atoms with van der Waals surface area (Å²) in [5, 5.41) is 13.2. The van der Waals surface area contributed by atoms with Crippen molar-refractivity contribution in [3.8, 4) is 0 Å². The summed E-state index contributed by atoms with van der Waals surface area (Å²) in [4.78, 5) is 2.39. The molecule has 1 rings (SSSR count). The van der Waals surface area contributed by atoms with E-state index >= 15 is 0 Å². The molecule has 1 saturated carbocycles. The summed E-state index contributed by atoms with van der Waals surface area (Å²) in [6.45, 7) is 6.78. The number of aliphatic hydroxyl groups excluding tert-OH is 1. The Morgan fingerprint density at radius 3 is 2.40 bits per heavy atom. The second-order valence-corrected chi connectivity index (χ2v) is 6.07. The minimum Gasteiger partial charge on any atom is -0.394 e. The average molecular weight is 288 g/mol. The summed E-state index contributed by atoms with van der Waals surface area (Å²) in [7, 11) is 3.47. The number of nitrogens with zero attached hydrogens (tertiary/aromatic N) is 1. The Kier molecular flexibility index (Phi) is 8.64. The molecule has 0 aromatic heterocycles. The molecule has 0 radical (unpaired) electrons. The maximum absolute atomic E-state index is 9.64. The SMILES string of the molecule is COCCCN(CCOC)CCC(C)(CO)NC1CC1. The lowest BCUT2D eigenvalue weighted by Crippen LogP contribution is -2.49. The van der Waals surface area contributed by atoms with Crippen molar-refractivity contribution < 1.29 is 14.6 Å². The van der Waals surface area contributed by atoms with E-state index in [4.69, 9.17) is 9.47 Å². The molecule has 1 aliphatic rings. The van der Waals surface area contributed by atoms with Gasteiger partial charge in [-0.25, -0.2) is 0 Å². The number of rotatable bonds is 13. The van der Waals surface area contributed by atoms with Crippen LogP contribution < -0.4 is 5.32 Å². The molecule has 120 valence electrons. The standard InChI is InChI=1S/C15H32N2O3/c1-15(13-18,16-14-5-6-14)7-9-17(10-12-20-3)8-4-11-19-2/h14,16,18H,4-13H2,1-3H3. The Labute approximate surface area is 123 Å². The zero-order chi connectivity index (χ0) is 14.8. The van der Waals surface area contributed by atoms with E-state index in [1.54, 1.807) is 14.2 Å². The molecule has 0 aromatic carbocycles. The van der Waals surface area contributed by atoms with Gasteiger partial charge in [-0.15, -0.1) is 0 Å². The molecule has 5 heteroatoms. The molecule has 0 aromatic rings. The highest BCUT2D eigenvalue weighted by molar-refractivity contribution is 4.92. The van der Waals surface area contributed by atoms with E-state index in [1.807, 2.05) is 0 Å². The first kappa shape index (κ1) is 17.9. The van der Waals surface area contributed by atoms with Gasteiger partial charge < -0.3 is 24.8 Å². The van der Waals surface area contributed by atoms with Gasteiger partial charge in [0.05, 0.1) is 13.2 Å². The Balaban J connectivity index is 2.32. The molecule has 0 bridgehead atoms. The third kappa shape index (κ3) is 7.55. The largest absolute Gasteiger partial charge is 0.394 e. The molecule has 2 N–H and O–H groups in total. The fourth-order valence-electron chi connectivity index (χ4n) is 2.31. The lowest BCUT2D eigenvalue weighted by Gasteiger charge is -2.32. The van der Waals surface area contributed by atoms with Crippen LogP contribution in [0.3, 0.4) is 0 Å². The number of aliphatic hydroxyl groups is 1. The van der Waals surface area contributed by atoms with Crippen LogP contribution in [0.4, 0.5) is 0 Å². The summed E-state index contributed by atoms with van der Waals surface area (Å²) in [5.41, 5.74) is -0.159. The Bertz CT molecular complexity index is 249. The predicted octanol–water partition coefficient (Wildman–Crippen LogP) is 0.864. The van der Waals surface area contributed by atoms with Crippen LogP contribution >= 0.6 is 0 Å². The second-order valence-electron chi connectivity index (χ2n) is 6.07. The number of hydrogen-bond donors (Lipinski definition) is 2. The average Bonchev–Trinajstić information content (AvgIpc) is 3.25. The molecule has 20 heavy (non-hydrogen) atoms. The van der Waals surface area contributed by atoms with Gasteiger partial charge >= 0.3 is 0 Å². The van der Waals surface area contributed by atoms with Crippen LogP contribution in [0.5, 0.6) is 0 Å². The number of ether oxygens (including phenoxy) is 2. The van der Waals surface area contributed by atoms with Gasteiger partial charge in [-0.1, -0.05) is 0 Å². The first-order chi connectivity index (χ1) is 9.63. The summed E-state index contributed by atoms with van der Waals surface area (Å²) < 4.78 is 10.3. The fraction of sp³-hybridized carbons (Fsp3) is 1.00. The van der Waals surface area contributed by atoms with E-state index in [9.17, 15) is 5.11 Å². The molecular weight excluding hydrogens is 256 g/mol. The van der Waals surface area contributed by atoms with E-state index in [2.05, 4.69) is 17.1 Å². The van der Waals surface area contributed by atoms with Gasteiger partial charge in [0, 0.05) is 52.0 Å². The van der Waals surface area contributed by atoms with E-state index in [0.717, 1.165) is 45.7 Å². The van der Waals surface area contributed by atoms with Crippen molar-refractivity contribution >= 4 is 0 Å². The lowest BCUT2D eigenvalue weighted by atomic mass is 9.98. The van der Waals surface area contributed by atoms with E-state index < -0.39 is 0 Å². The molecule has 0 amide bonds. The molecule has 1 fully saturated rings. The molecular formula is C15H32N2O3. The van der Waals surface area contributed by atoms with Crippen molar-refractivity contribution in [1.29, 1.82) is 0 Å². The summed E-state index contributed by atoms with van der Waals surface area (Å²) >= 11 is 0. The fourth-order valence-corrected chi connectivity index (χ4v) is 2.31. The van der Waals surface area contributed by atoms with Crippen molar-refractivity contribution in [2.45, 2.75) is 44.2 Å². The normalized spacial score (nSPS) is 18.4. The molecule has 1 atom stereocenters. The van der Waals surface area contributed by atoms with Crippen LogP contribution in [0.15, 0.2) is 0 Å². The van der Waals surface area contributed by atoms with Crippen LogP contribution in [-0.4, -0.2) is 75.3 Å². The third-order valence-electron chi connectivity index (χ3n) is 3.89. The van der Waals surface area contributed by atoms with E-state index in [0.29, 0.717) is 6.04 Å². The molecule has 1 aliphatic carbocycles. The lowest BCUT2D eigenvalue weighted by molar-refractivity contribution is 0.111. The first-order valence-electron chi connectivity index (χ1n) is 7.72. The van der Waals surface area contributed by atoms with Gasteiger partial charge in [0.2, 0.25) is 0 Å². The van der Waals surface area contributed by atoms with Crippen LogP contribution in [0.2, 0.25) is 0 Å². The number of nitrogens with one attached hydrogen (secondary N) is 1. The second kappa shape index (κ2) is 9.68. The van der Waals surface area contributed by atoms with Gasteiger partial charge in [-0.3, -0.25) is 0 Å². The highest BCUT2D eigenvalue weighted by Gasteiger charge is 2.32. The Morgan fingerprint density at radius 1 is 1.15 bits per heavy atom. The summed E-state index contributed by atoms with van der Waals surface area (Å²) in [6.07, 6.45) is 4.48. The number of hydrogen-bond acceptors (Lipinski definition) is 5. The van der Waals surface area contributed by atoms with Crippen molar-refractivity contribution in [3.05, 3.63) is 0 Å². The maximum atomic E-state index is 9.64. The topological polar surface area (TPSA) is 54.0 Å². The molecule has 0 aliphatic heterocycles. The summed E-state index contributed by atoms with van der Waals surface area (Å²) in [6, 6.07) is 0.619. The zero-order valence-electron chi connectivity index (χ0n) is 13.4. The molecule has 5 nitrogen and oxygen atoms in total. The van der Waals surface area contributed by atoms with Crippen LogP contribution in [0, 0.1) is 0 Å². The van der Waals surface area contributed by atoms with Crippen LogP contribution in [-0.2, 0) is 9.47 Å². The van der Waals surface area contributed by atoms with Gasteiger partial charge in [-0.2, -0.15) is 0 Å². The molecule has 0 saturated heterocycles. The predicted molar refractivity (Wildman–Crippen MR) is 81.1 cm³/mol. The van der Waals surface area contributed by atoms with Crippen molar-refractivity contribution in [3.63, 3.8) is 0 Å². The quantitative estimate of drug-likeness (QED) is 0.492. The van der Waals surface area contributed by atoms with Crippen LogP contribution in [0.1, 0.15) is 32.6 Å². The molecule has 0 heterocycles. The first-order valence-corrected chi connectivity index (χ1v) is 7.72. The Morgan fingerprint density at radius 2 is 1.85 bits per heavy atom. The highest BCUT2D eigenvalue weighted by Crippen LogP contribution is 2.24. The molecule has 0 spiro atoms. The van der Waals surface area contributed by atoms with Gasteiger partial charge in [-0.05, 0) is 32.6 Å². The zero-order valence-corrected chi connectivity index (χ0v) is 13.4. The monoisotopic (exact) mass is 288 g/mol. The minimum atomic E-state index is -0.159. The molecule has 1 unspecified atom stereocenters. The van der Waals surface area contributed by atoms with Gasteiger partial charge in [0.25, 0.3) is 0 Å². The Hall–Kier alpha value is -0.200. The minimum absolute atomic E-state index is 0.159. The summed E-state index contributed by atoms with van der Waals surface area (Å²) in [5.74, 6) is 0. The van der Waals surface area contributed by atoms with Crippen LogP contribution in [0.25, 0.3) is 0 Å². The van der Waals surface area contributed by atoms with Crippen molar-refractivity contribution in [2.24, 2.45) is 0 Å². The van der Waals surface area contributed by atoms with E-state index in [1.165, 1.54) is 12.8 Å². The van der Waals surface area contributed by atoms with Crippen molar-refractivity contribution in [1.82, 2.24) is 10.2 Å². The number of methoxy groups -OCH3 is 2.